The van der Waals surface area contributed by atoms with E-state index in [-0.39, 0.29) is 11.7 Å². The van der Waals surface area contributed by atoms with E-state index in [2.05, 4.69) is 10.6 Å². The fourth-order valence-electron chi connectivity index (χ4n) is 4.39. The van der Waals surface area contributed by atoms with Gasteiger partial charge in [-0.25, -0.2) is 4.39 Å². The first kappa shape index (κ1) is 22.7. The summed E-state index contributed by atoms with van der Waals surface area (Å²) in [6, 6.07) is 19.1. The Bertz CT molecular complexity index is 1190. The smallest absolute Gasteiger partial charge is 0.237 e. The highest BCUT2D eigenvalue weighted by Crippen LogP contribution is 2.51. The summed E-state index contributed by atoms with van der Waals surface area (Å²) in [5.41, 5.74) is 2.43. The van der Waals surface area contributed by atoms with E-state index in [0.29, 0.717) is 28.5 Å². The Balaban J connectivity index is 0.000000300. The van der Waals surface area contributed by atoms with Gasteiger partial charge >= 0.3 is 0 Å². The Labute approximate surface area is 201 Å². The van der Waals surface area contributed by atoms with E-state index in [9.17, 15) is 9.18 Å². The Morgan fingerprint density at radius 2 is 1.78 bits per heavy atom. The summed E-state index contributed by atoms with van der Waals surface area (Å²) >= 11 is 17.0. The number of rotatable bonds is 1. The molecule has 1 fully saturated rings. The van der Waals surface area contributed by atoms with Gasteiger partial charge in [0, 0.05) is 15.7 Å². The number of halogens is 3. The molecule has 0 radical (unpaired) electrons. The van der Waals surface area contributed by atoms with Crippen molar-refractivity contribution in [1.29, 1.82) is 0 Å². The number of thiocarbonyl (C=S) groups is 1. The largest absolute Gasteiger partial charge is 0.371 e. The highest BCUT2D eigenvalue weighted by Gasteiger charge is 2.55. The van der Waals surface area contributed by atoms with Crippen LogP contribution in [0.5, 0.6) is 0 Å². The van der Waals surface area contributed by atoms with Crippen LogP contribution in [-0.4, -0.2) is 10.9 Å². The fraction of sp³-hybridized carbons (Fsp3) is 0.200. The molecule has 164 valence electrons. The van der Waals surface area contributed by atoms with Gasteiger partial charge < -0.3 is 10.6 Å². The second-order valence-electron chi connectivity index (χ2n) is 7.91. The van der Waals surface area contributed by atoms with E-state index < -0.39 is 11.5 Å². The van der Waals surface area contributed by atoms with Crippen molar-refractivity contribution in [3.8, 4) is 0 Å². The van der Waals surface area contributed by atoms with Crippen LogP contribution in [0.2, 0.25) is 10.0 Å². The van der Waals surface area contributed by atoms with E-state index in [0.717, 1.165) is 21.7 Å². The van der Waals surface area contributed by atoms with Crippen LogP contribution in [-0.2, 0) is 10.2 Å². The van der Waals surface area contributed by atoms with Gasteiger partial charge in [-0.3, -0.25) is 4.79 Å². The lowest BCUT2D eigenvalue weighted by Gasteiger charge is -2.42. The fourth-order valence-corrected chi connectivity index (χ4v) is 4.93. The highest BCUT2D eigenvalue weighted by atomic mass is 35.5. The summed E-state index contributed by atoms with van der Waals surface area (Å²) in [5, 5.41) is 7.60. The molecule has 0 bridgehead atoms. The maximum Gasteiger partial charge on any atom is 0.237 e. The zero-order chi connectivity index (χ0) is 22.9. The normalized spacial score (nSPS) is 21.3. The van der Waals surface area contributed by atoms with Gasteiger partial charge in [0.05, 0.1) is 11.0 Å². The molecule has 1 saturated heterocycles. The van der Waals surface area contributed by atoms with Crippen molar-refractivity contribution >= 4 is 52.0 Å². The Hall–Kier alpha value is -2.47. The molecular formula is C25H21Cl2FN2OS. The SMILES string of the molecule is Cc1ccc(F)cc1[C@H]1NC(=S)CC[C@]12C(=O)Nc1cc(Cl)ccc12.Clc1ccccc1. The van der Waals surface area contributed by atoms with Crippen LogP contribution in [0.3, 0.4) is 0 Å². The first-order chi connectivity index (χ1) is 15.3. The van der Waals surface area contributed by atoms with Crippen molar-refractivity contribution in [3.05, 3.63) is 99.3 Å². The summed E-state index contributed by atoms with van der Waals surface area (Å²) in [4.78, 5) is 13.8. The number of carbonyl (C=O) groups is 1. The van der Waals surface area contributed by atoms with Crippen LogP contribution in [0.25, 0.3) is 0 Å². The second-order valence-corrected chi connectivity index (χ2v) is 9.28. The Morgan fingerprint density at radius 3 is 2.47 bits per heavy atom. The first-order valence-electron chi connectivity index (χ1n) is 10.2. The molecule has 0 saturated carbocycles. The molecule has 0 aliphatic carbocycles. The summed E-state index contributed by atoms with van der Waals surface area (Å²) < 4.78 is 13.9. The van der Waals surface area contributed by atoms with Gasteiger partial charge in [-0.2, -0.15) is 0 Å². The topological polar surface area (TPSA) is 41.1 Å². The molecule has 3 aromatic rings. The standard InChI is InChI=1S/C19H16ClFN2OS.C6H5Cl/c1-10-2-4-12(21)9-13(10)17-19(7-6-16(25)23-17)14-5-3-11(20)8-15(14)22-18(19)24;7-6-4-2-1-3-5-6/h2-5,8-9,17H,6-7H2,1H3,(H,22,24)(H,23,25);1-5H/t17-,19-;/m1./s1. The first-order valence-corrected chi connectivity index (χ1v) is 11.3. The average Bonchev–Trinajstić information content (AvgIpc) is 3.03. The van der Waals surface area contributed by atoms with Crippen molar-refractivity contribution in [3.63, 3.8) is 0 Å². The summed E-state index contributed by atoms with van der Waals surface area (Å²) in [6.45, 7) is 1.91. The van der Waals surface area contributed by atoms with Gasteiger partial charge in [-0.1, -0.05) is 65.8 Å². The number of carbonyl (C=O) groups excluding carboxylic acids is 1. The number of hydrogen-bond donors (Lipinski definition) is 2. The van der Waals surface area contributed by atoms with Crippen molar-refractivity contribution in [1.82, 2.24) is 5.32 Å². The van der Waals surface area contributed by atoms with Crippen molar-refractivity contribution in [2.75, 3.05) is 5.32 Å². The van der Waals surface area contributed by atoms with Crippen LogP contribution >= 0.6 is 35.4 Å². The number of benzene rings is 3. The lowest BCUT2D eigenvalue weighted by atomic mass is 9.67. The summed E-state index contributed by atoms with van der Waals surface area (Å²) in [5.74, 6) is -0.433. The van der Waals surface area contributed by atoms with Crippen LogP contribution in [0.4, 0.5) is 10.1 Å². The number of aryl methyl sites for hydroxylation is 1. The zero-order valence-corrected chi connectivity index (χ0v) is 19.6. The molecule has 1 spiro atoms. The number of amides is 1. The van der Waals surface area contributed by atoms with E-state index in [1.54, 1.807) is 18.2 Å². The van der Waals surface area contributed by atoms with Crippen molar-refractivity contribution in [2.45, 2.75) is 31.2 Å². The maximum atomic E-state index is 13.9. The maximum absolute atomic E-state index is 13.9. The minimum atomic E-state index is -0.833. The minimum Gasteiger partial charge on any atom is -0.371 e. The molecule has 2 atom stereocenters. The lowest BCUT2D eigenvalue weighted by Crippen LogP contribution is -2.52. The summed E-state index contributed by atoms with van der Waals surface area (Å²) in [7, 11) is 0. The predicted molar refractivity (Wildman–Crippen MR) is 132 cm³/mol. The molecule has 0 unspecified atom stereocenters. The third-order valence-electron chi connectivity index (χ3n) is 5.95. The molecule has 32 heavy (non-hydrogen) atoms. The number of hydrogen-bond acceptors (Lipinski definition) is 2. The monoisotopic (exact) mass is 486 g/mol. The number of nitrogens with one attached hydrogen (secondary N) is 2. The molecule has 0 aromatic heterocycles. The molecule has 1 amide bonds. The molecule has 5 rings (SSSR count). The molecule has 7 heteroatoms. The van der Waals surface area contributed by atoms with Crippen molar-refractivity contribution < 1.29 is 9.18 Å². The average molecular weight is 487 g/mol. The molecule has 2 aliphatic heterocycles. The summed E-state index contributed by atoms with van der Waals surface area (Å²) in [6.07, 6.45) is 1.18. The molecule has 2 heterocycles. The van der Waals surface area contributed by atoms with E-state index in [1.807, 2.05) is 43.3 Å². The van der Waals surface area contributed by atoms with E-state index in [4.69, 9.17) is 35.4 Å². The third-order valence-corrected chi connectivity index (χ3v) is 6.75. The van der Waals surface area contributed by atoms with E-state index >= 15 is 0 Å². The molecule has 3 aromatic carbocycles. The Kier molecular flexibility index (Phi) is 6.52. The quantitative estimate of drug-likeness (QED) is 0.372. The van der Waals surface area contributed by atoms with E-state index in [1.165, 1.54) is 12.1 Å². The minimum absolute atomic E-state index is 0.103. The third kappa shape index (κ3) is 4.25. The van der Waals surface area contributed by atoms with Crippen LogP contribution in [0.1, 0.15) is 35.6 Å². The Morgan fingerprint density at radius 1 is 1.03 bits per heavy atom. The van der Waals surface area contributed by atoms with Gasteiger partial charge in [0.15, 0.2) is 0 Å². The van der Waals surface area contributed by atoms with Crippen molar-refractivity contribution in [2.24, 2.45) is 0 Å². The number of fused-ring (bicyclic) bond motifs is 2. The molecular weight excluding hydrogens is 466 g/mol. The molecule has 2 N–H and O–H groups in total. The predicted octanol–water partition coefficient (Wildman–Crippen LogP) is 6.77. The molecule has 2 aliphatic rings. The zero-order valence-electron chi connectivity index (χ0n) is 17.3. The van der Waals surface area contributed by atoms with Gasteiger partial charge in [-0.15, -0.1) is 0 Å². The van der Waals surface area contributed by atoms with Gasteiger partial charge in [0.25, 0.3) is 0 Å². The lowest BCUT2D eigenvalue weighted by molar-refractivity contribution is -0.122. The number of anilines is 1. The highest BCUT2D eigenvalue weighted by molar-refractivity contribution is 7.80. The van der Waals surface area contributed by atoms with Gasteiger partial charge in [0.2, 0.25) is 5.91 Å². The van der Waals surface area contributed by atoms with Crippen LogP contribution < -0.4 is 10.6 Å². The van der Waals surface area contributed by atoms with Gasteiger partial charge in [-0.05, 0) is 72.9 Å². The number of piperidine rings is 1. The van der Waals surface area contributed by atoms with Crippen LogP contribution in [0.15, 0.2) is 66.7 Å². The van der Waals surface area contributed by atoms with Crippen LogP contribution in [0, 0.1) is 12.7 Å². The second kappa shape index (κ2) is 9.18. The molecule has 3 nitrogen and oxygen atoms in total. The van der Waals surface area contributed by atoms with Gasteiger partial charge in [0.1, 0.15) is 11.2 Å².